The van der Waals surface area contributed by atoms with E-state index in [9.17, 15) is 12.8 Å². The molecule has 4 heterocycles. The Hall–Kier alpha value is -4.65. The molecule has 13 heteroatoms. The molecule has 0 atom stereocenters. The smallest absolute Gasteiger partial charge is 0.265 e. The van der Waals surface area contributed by atoms with Gasteiger partial charge in [-0.3, -0.25) is 9.82 Å². The summed E-state index contributed by atoms with van der Waals surface area (Å²) in [5, 5.41) is 6.95. The lowest BCUT2D eigenvalue weighted by molar-refractivity contribution is 0.583. The number of benzene rings is 2. The van der Waals surface area contributed by atoms with Gasteiger partial charge in [-0.05, 0) is 30.3 Å². The van der Waals surface area contributed by atoms with E-state index in [4.69, 9.17) is 0 Å². The van der Waals surface area contributed by atoms with E-state index < -0.39 is 44.3 Å². The number of halogens is 3. The zero-order valence-electron chi connectivity index (χ0n) is 18.0. The van der Waals surface area contributed by atoms with Crippen molar-refractivity contribution in [2.45, 2.75) is 4.90 Å². The Morgan fingerprint density at radius 1 is 0.944 bits per heavy atom. The van der Waals surface area contributed by atoms with Crippen LogP contribution in [0.25, 0.3) is 39.2 Å². The fourth-order valence-electron chi connectivity index (χ4n) is 4.03. The van der Waals surface area contributed by atoms with Gasteiger partial charge in [0.25, 0.3) is 10.0 Å². The van der Waals surface area contributed by atoms with E-state index in [-0.39, 0.29) is 16.1 Å². The minimum atomic E-state index is -4.33. The number of H-pyrrole nitrogens is 2. The summed E-state index contributed by atoms with van der Waals surface area (Å²) < 4.78 is 75.5. The number of aromatic nitrogens is 6. The number of aromatic amines is 2. The van der Waals surface area contributed by atoms with Crippen LogP contribution in [-0.2, 0) is 10.0 Å². The molecule has 0 unspecified atom stereocenters. The fraction of sp³-hybridized carbons (Fsp3) is 0. The fourth-order valence-corrected chi connectivity index (χ4v) is 5.25. The molecule has 0 saturated carbocycles. The van der Waals surface area contributed by atoms with E-state index in [2.05, 4.69) is 29.9 Å². The van der Waals surface area contributed by atoms with Gasteiger partial charge in [-0.15, -0.1) is 0 Å². The van der Waals surface area contributed by atoms with Crippen molar-refractivity contribution in [1.29, 1.82) is 0 Å². The van der Waals surface area contributed by atoms with Gasteiger partial charge in [0.05, 0.1) is 11.3 Å². The Morgan fingerprint density at radius 3 is 2.61 bits per heavy atom. The number of pyridine rings is 1. The molecule has 0 aliphatic rings. The van der Waals surface area contributed by atoms with Crippen molar-refractivity contribution in [3.63, 3.8) is 0 Å². The van der Waals surface area contributed by atoms with Crippen LogP contribution in [0.1, 0.15) is 0 Å². The number of hydrogen-bond donors (Lipinski definition) is 3. The zero-order chi connectivity index (χ0) is 25.0. The van der Waals surface area contributed by atoms with Crippen LogP contribution in [0.5, 0.6) is 0 Å². The van der Waals surface area contributed by atoms with Gasteiger partial charge in [0.1, 0.15) is 21.9 Å². The molecule has 2 aromatic carbocycles. The Morgan fingerprint density at radius 2 is 1.81 bits per heavy atom. The van der Waals surface area contributed by atoms with E-state index >= 15 is 8.78 Å². The molecule has 0 bridgehead atoms. The number of sulfonamides is 1. The number of rotatable bonds is 5. The number of nitrogens with zero attached hydrogens (tertiary/aromatic N) is 4. The summed E-state index contributed by atoms with van der Waals surface area (Å²) >= 11 is 0. The quantitative estimate of drug-likeness (QED) is 0.316. The predicted octanol–water partition coefficient (Wildman–Crippen LogP) is 4.49. The number of fused-ring (bicyclic) bond motifs is 2. The average Bonchev–Trinajstić information content (AvgIpc) is 3.62. The van der Waals surface area contributed by atoms with Crippen molar-refractivity contribution in [2.24, 2.45) is 0 Å². The average molecular weight is 509 g/mol. The minimum absolute atomic E-state index is 0.120. The molecule has 6 aromatic rings. The third-order valence-corrected chi connectivity index (χ3v) is 7.06. The minimum Gasteiger partial charge on any atom is -0.343 e. The van der Waals surface area contributed by atoms with Gasteiger partial charge in [0.15, 0.2) is 23.1 Å². The van der Waals surface area contributed by atoms with Gasteiger partial charge < -0.3 is 9.38 Å². The second-order valence-electron chi connectivity index (χ2n) is 7.78. The molecule has 180 valence electrons. The number of anilines is 1. The van der Waals surface area contributed by atoms with E-state index in [0.29, 0.717) is 16.9 Å². The first kappa shape index (κ1) is 21.9. The number of nitrogens with one attached hydrogen (secondary N) is 3. The Labute approximate surface area is 200 Å². The highest BCUT2D eigenvalue weighted by atomic mass is 32.2. The summed E-state index contributed by atoms with van der Waals surface area (Å²) in [5.41, 5.74) is -1.36. The molecule has 3 N–H and O–H groups in total. The van der Waals surface area contributed by atoms with E-state index in [1.165, 1.54) is 41.1 Å². The Kier molecular flexibility index (Phi) is 4.83. The molecule has 4 aromatic heterocycles. The van der Waals surface area contributed by atoms with Crippen molar-refractivity contribution in [2.75, 3.05) is 4.72 Å². The van der Waals surface area contributed by atoms with Crippen LogP contribution >= 0.6 is 0 Å². The molecule has 0 spiro atoms. The van der Waals surface area contributed by atoms with Crippen LogP contribution in [-0.4, -0.2) is 38.0 Å². The van der Waals surface area contributed by atoms with Crippen LogP contribution in [0.4, 0.5) is 18.9 Å². The van der Waals surface area contributed by atoms with Crippen molar-refractivity contribution >= 4 is 32.3 Å². The highest BCUT2D eigenvalue weighted by Crippen LogP contribution is 2.37. The van der Waals surface area contributed by atoms with Crippen molar-refractivity contribution in [3.8, 4) is 22.6 Å². The molecule has 0 saturated heterocycles. The molecule has 0 aliphatic carbocycles. The lowest BCUT2D eigenvalue weighted by atomic mass is 10.0. The highest BCUT2D eigenvalue weighted by Gasteiger charge is 2.26. The first-order chi connectivity index (χ1) is 17.3. The van der Waals surface area contributed by atoms with E-state index in [1.54, 1.807) is 18.6 Å². The number of imidazole rings is 2. The molecule has 0 fully saturated rings. The Balaban J connectivity index is 1.45. The Bertz CT molecular complexity index is 1880. The molecule has 0 amide bonds. The van der Waals surface area contributed by atoms with Gasteiger partial charge in [0.2, 0.25) is 0 Å². The third-order valence-electron chi connectivity index (χ3n) is 5.68. The van der Waals surface area contributed by atoms with Crippen LogP contribution < -0.4 is 4.72 Å². The maximum absolute atomic E-state index is 15.5. The summed E-state index contributed by atoms with van der Waals surface area (Å²) in [4.78, 5) is 10.8. The van der Waals surface area contributed by atoms with Gasteiger partial charge in [-0.25, -0.2) is 31.6 Å². The van der Waals surface area contributed by atoms with E-state index in [1.807, 2.05) is 0 Å². The number of hydrogen-bond acceptors (Lipinski definition) is 5. The highest BCUT2D eigenvalue weighted by molar-refractivity contribution is 7.93. The first-order valence-corrected chi connectivity index (χ1v) is 11.9. The monoisotopic (exact) mass is 509 g/mol. The molecular weight excluding hydrogens is 495 g/mol. The van der Waals surface area contributed by atoms with Crippen LogP contribution in [0.2, 0.25) is 0 Å². The first-order valence-electron chi connectivity index (χ1n) is 10.4. The standard InChI is InChI=1S/C23H14F3N7O2S/c24-14-5-6-15(32-36(34,35)16-2-1-10-33-11-9-29-23(16)33)19(26)17(14)12-3-4-13-20(18(12)25)30-31-21(13)22-27-7-8-28-22/h1-11,32H,(H,27,28)(H,30,31). The summed E-state index contributed by atoms with van der Waals surface area (Å²) in [7, 11) is -4.33. The topological polar surface area (TPSA) is 121 Å². The zero-order valence-corrected chi connectivity index (χ0v) is 18.8. The molecule has 36 heavy (non-hydrogen) atoms. The second-order valence-corrected chi connectivity index (χ2v) is 9.43. The van der Waals surface area contributed by atoms with Gasteiger partial charge in [-0.1, -0.05) is 6.07 Å². The van der Waals surface area contributed by atoms with Gasteiger partial charge in [0, 0.05) is 41.9 Å². The molecule has 9 nitrogen and oxygen atoms in total. The summed E-state index contributed by atoms with van der Waals surface area (Å²) in [6.45, 7) is 0. The van der Waals surface area contributed by atoms with E-state index in [0.717, 1.165) is 12.1 Å². The van der Waals surface area contributed by atoms with Gasteiger partial charge in [-0.2, -0.15) is 5.10 Å². The van der Waals surface area contributed by atoms with Crippen molar-refractivity contribution in [3.05, 3.63) is 84.8 Å². The normalized spacial score (nSPS) is 12.0. The molecular formula is C23H14F3N7O2S. The maximum Gasteiger partial charge on any atom is 0.265 e. The molecule has 0 radical (unpaired) electrons. The lowest BCUT2D eigenvalue weighted by Crippen LogP contribution is -2.15. The van der Waals surface area contributed by atoms with Crippen molar-refractivity contribution < 1.29 is 21.6 Å². The second kappa shape index (κ2) is 7.95. The summed E-state index contributed by atoms with van der Waals surface area (Å²) in [5.74, 6) is -2.94. The van der Waals surface area contributed by atoms with Crippen molar-refractivity contribution in [1.82, 2.24) is 29.5 Å². The summed E-state index contributed by atoms with van der Waals surface area (Å²) in [6.07, 6.45) is 7.66. The van der Waals surface area contributed by atoms with Crippen LogP contribution in [0, 0.1) is 17.5 Å². The predicted molar refractivity (Wildman–Crippen MR) is 125 cm³/mol. The molecule has 0 aliphatic heterocycles. The third kappa shape index (κ3) is 3.32. The van der Waals surface area contributed by atoms with Gasteiger partial charge >= 0.3 is 0 Å². The van der Waals surface area contributed by atoms with Crippen LogP contribution in [0.3, 0.4) is 0 Å². The maximum atomic E-state index is 15.5. The SMILES string of the molecule is O=S(=O)(Nc1ccc(F)c(-c2ccc3c(-c4ncc[nH]4)[nH]nc3c2F)c1F)c1cccn2ccnc12. The summed E-state index contributed by atoms with van der Waals surface area (Å²) in [6, 6.07) is 7.22. The van der Waals surface area contributed by atoms with Crippen LogP contribution in [0.15, 0.2) is 72.3 Å². The largest absolute Gasteiger partial charge is 0.343 e. The molecule has 6 rings (SSSR count). The lowest BCUT2D eigenvalue weighted by Gasteiger charge is -2.13.